The smallest absolute Gasteiger partial charge is 0.137 e. The zero-order valence-corrected chi connectivity index (χ0v) is 11.1. The van der Waals surface area contributed by atoms with E-state index in [1.54, 1.807) is 11.3 Å². The number of benzene rings is 1. The second-order valence-electron chi connectivity index (χ2n) is 4.32. The number of aryl methyl sites for hydroxylation is 1. The van der Waals surface area contributed by atoms with Crippen LogP contribution in [0.15, 0.2) is 41.1 Å². The summed E-state index contributed by atoms with van der Waals surface area (Å²) < 4.78 is 0. The van der Waals surface area contributed by atoms with Gasteiger partial charge in [-0.3, -0.25) is 4.79 Å². The van der Waals surface area contributed by atoms with E-state index in [1.165, 1.54) is 5.56 Å². The molecule has 94 valence electrons. The van der Waals surface area contributed by atoms with Gasteiger partial charge < -0.3 is 5.73 Å². The van der Waals surface area contributed by atoms with Crippen LogP contribution in [0.25, 0.3) is 0 Å². The van der Waals surface area contributed by atoms with Crippen LogP contribution in [0, 0.1) is 0 Å². The van der Waals surface area contributed by atoms with Gasteiger partial charge in [-0.25, -0.2) is 0 Å². The Labute approximate surface area is 111 Å². The first kappa shape index (κ1) is 13.0. The van der Waals surface area contributed by atoms with Crippen molar-refractivity contribution in [2.45, 2.75) is 25.8 Å². The molecule has 1 aromatic heterocycles. The molecular weight excluding hydrogens is 242 g/mol. The van der Waals surface area contributed by atoms with Crippen molar-refractivity contribution >= 4 is 17.1 Å². The van der Waals surface area contributed by atoms with Gasteiger partial charge in [0.2, 0.25) is 0 Å². The minimum absolute atomic E-state index is 0.280. The summed E-state index contributed by atoms with van der Waals surface area (Å²) in [5.41, 5.74) is 9.05. The summed E-state index contributed by atoms with van der Waals surface area (Å²) in [7, 11) is 0. The van der Waals surface area contributed by atoms with Crippen LogP contribution in [0.3, 0.4) is 0 Å². The number of Topliss-reactive ketones (excluding diaryl/α,β-unsaturated/α-hetero) is 1. The van der Waals surface area contributed by atoms with Gasteiger partial charge in [-0.2, -0.15) is 11.3 Å². The zero-order valence-electron chi connectivity index (χ0n) is 10.3. The molecule has 0 fully saturated rings. The average Bonchev–Trinajstić information content (AvgIpc) is 2.90. The van der Waals surface area contributed by atoms with E-state index in [0.717, 1.165) is 17.5 Å². The summed E-state index contributed by atoms with van der Waals surface area (Å²) in [4.78, 5) is 11.9. The Balaban J connectivity index is 1.90. The van der Waals surface area contributed by atoms with E-state index < -0.39 is 0 Å². The van der Waals surface area contributed by atoms with Gasteiger partial charge in [0.05, 0.1) is 0 Å². The molecule has 0 aliphatic heterocycles. The minimum Gasteiger partial charge on any atom is -0.326 e. The summed E-state index contributed by atoms with van der Waals surface area (Å²) in [5, 5.41) is 4.14. The normalized spacial score (nSPS) is 10.5. The first-order chi connectivity index (χ1) is 8.79. The van der Waals surface area contributed by atoms with Crippen molar-refractivity contribution in [1.82, 2.24) is 0 Å². The number of carbonyl (C=O) groups excluding carboxylic acids is 1. The van der Waals surface area contributed by atoms with Crippen molar-refractivity contribution in [1.29, 1.82) is 0 Å². The summed E-state index contributed by atoms with van der Waals surface area (Å²) >= 11 is 1.67. The van der Waals surface area contributed by atoms with Gasteiger partial charge in [0.1, 0.15) is 5.78 Å². The van der Waals surface area contributed by atoms with Crippen LogP contribution in [-0.4, -0.2) is 5.78 Å². The minimum atomic E-state index is 0.280. The molecule has 18 heavy (non-hydrogen) atoms. The van der Waals surface area contributed by atoms with Crippen LogP contribution in [0.1, 0.15) is 23.1 Å². The van der Waals surface area contributed by atoms with Gasteiger partial charge in [-0.05, 0) is 39.9 Å². The van der Waals surface area contributed by atoms with E-state index in [-0.39, 0.29) is 5.78 Å². The van der Waals surface area contributed by atoms with Gasteiger partial charge >= 0.3 is 0 Å². The summed E-state index contributed by atoms with van der Waals surface area (Å²) in [6, 6.07) is 9.97. The standard InChI is InChI=1S/C15H17NOS/c16-10-14-4-2-1-3-13(14)9-15(17)6-5-12-7-8-18-11-12/h1-4,7-8,11H,5-6,9-10,16H2. The fourth-order valence-corrected chi connectivity index (χ4v) is 2.65. The van der Waals surface area contributed by atoms with Crippen molar-refractivity contribution in [3.63, 3.8) is 0 Å². The Bertz CT molecular complexity index is 505. The second-order valence-corrected chi connectivity index (χ2v) is 5.10. The number of hydrogen-bond donors (Lipinski definition) is 1. The molecule has 0 spiro atoms. The lowest BCUT2D eigenvalue weighted by atomic mass is 9.99. The van der Waals surface area contributed by atoms with E-state index >= 15 is 0 Å². The summed E-state index contributed by atoms with van der Waals surface area (Å²) in [6.45, 7) is 0.494. The molecule has 0 bridgehead atoms. The molecule has 2 nitrogen and oxygen atoms in total. The highest BCUT2D eigenvalue weighted by atomic mass is 32.1. The maximum Gasteiger partial charge on any atom is 0.137 e. The predicted octanol–water partition coefficient (Wildman–Crippen LogP) is 2.95. The van der Waals surface area contributed by atoms with Crippen LogP contribution >= 0.6 is 11.3 Å². The topological polar surface area (TPSA) is 43.1 Å². The highest BCUT2D eigenvalue weighted by Gasteiger charge is 2.07. The molecule has 0 amide bonds. The van der Waals surface area contributed by atoms with Crippen LogP contribution < -0.4 is 5.73 Å². The molecule has 0 atom stereocenters. The molecule has 1 aromatic carbocycles. The lowest BCUT2D eigenvalue weighted by Crippen LogP contribution is -2.08. The van der Waals surface area contributed by atoms with E-state index in [1.807, 2.05) is 29.6 Å². The molecule has 0 saturated heterocycles. The molecule has 0 saturated carbocycles. The molecule has 2 aromatic rings. The molecular formula is C15H17NOS. The first-order valence-corrected chi connectivity index (χ1v) is 7.03. The van der Waals surface area contributed by atoms with Crippen LogP contribution in [0.2, 0.25) is 0 Å². The largest absolute Gasteiger partial charge is 0.326 e. The van der Waals surface area contributed by atoms with Gasteiger partial charge in [-0.1, -0.05) is 24.3 Å². The molecule has 0 aliphatic carbocycles. The van der Waals surface area contributed by atoms with Crippen LogP contribution in [0.4, 0.5) is 0 Å². The van der Waals surface area contributed by atoms with E-state index in [9.17, 15) is 4.79 Å². The lowest BCUT2D eigenvalue weighted by molar-refractivity contribution is -0.118. The number of ketones is 1. The number of nitrogens with two attached hydrogens (primary N) is 1. The number of rotatable bonds is 6. The highest BCUT2D eigenvalue weighted by molar-refractivity contribution is 7.07. The SMILES string of the molecule is NCc1ccccc1CC(=O)CCc1ccsc1. The van der Waals surface area contributed by atoms with E-state index in [4.69, 9.17) is 5.73 Å². The quantitative estimate of drug-likeness (QED) is 0.866. The van der Waals surface area contributed by atoms with Crippen LogP contribution in [0.5, 0.6) is 0 Å². The van der Waals surface area contributed by atoms with Crippen molar-refractivity contribution in [2.24, 2.45) is 5.73 Å². The van der Waals surface area contributed by atoms with Crippen molar-refractivity contribution in [3.8, 4) is 0 Å². The molecule has 0 aliphatic rings. The third-order valence-electron chi connectivity index (χ3n) is 3.00. The maximum atomic E-state index is 11.9. The van der Waals surface area contributed by atoms with Crippen molar-refractivity contribution in [2.75, 3.05) is 0 Å². The molecule has 0 unspecified atom stereocenters. The van der Waals surface area contributed by atoms with Gasteiger partial charge in [0.15, 0.2) is 0 Å². The Morgan fingerprint density at radius 3 is 2.61 bits per heavy atom. The molecule has 1 heterocycles. The molecule has 2 N–H and O–H groups in total. The van der Waals surface area contributed by atoms with Gasteiger partial charge in [0.25, 0.3) is 0 Å². The first-order valence-electron chi connectivity index (χ1n) is 6.09. The lowest BCUT2D eigenvalue weighted by Gasteiger charge is -2.06. The van der Waals surface area contributed by atoms with Crippen molar-refractivity contribution < 1.29 is 4.79 Å². The number of thiophene rings is 1. The van der Waals surface area contributed by atoms with Crippen LogP contribution in [-0.2, 0) is 24.2 Å². The van der Waals surface area contributed by atoms with E-state index in [0.29, 0.717) is 19.4 Å². The zero-order chi connectivity index (χ0) is 12.8. The second kappa shape index (κ2) is 6.47. The molecule has 2 rings (SSSR count). The predicted molar refractivity (Wildman–Crippen MR) is 75.7 cm³/mol. The summed E-state index contributed by atoms with van der Waals surface area (Å²) in [6.07, 6.45) is 1.94. The third kappa shape index (κ3) is 3.52. The maximum absolute atomic E-state index is 11.9. The Hall–Kier alpha value is -1.45. The average molecular weight is 259 g/mol. The Morgan fingerprint density at radius 1 is 1.17 bits per heavy atom. The summed E-state index contributed by atoms with van der Waals surface area (Å²) in [5.74, 6) is 0.280. The Kier molecular flexibility index (Phi) is 4.67. The molecule has 0 radical (unpaired) electrons. The van der Waals surface area contributed by atoms with Crippen molar-refractivity contribution in [3.05, 3.63) is 57.8 Å². The fourth-order valence-electron chi connectivity index (χ4n) is 1.95. The number of carbonyl (C=O) groups is 1. The fraction of sp³-hybridized carbons (Fsp3) is 0.267. The number of hydrogen-bond acceptors (Lipinski definition) is 3. The van der Waals surface area contributed by atoms with Gasteiger partial charge in [-0.15, -0.1) is 0 Å². The van der Waals surface area contributed by atoms with E-state index in [2.05, 4.69) is 11.4 Å². The van der Waals surface area contributed by atoms with Gasteiger partial charge in [0, 0.05) is 19.4 Å². The third-order valence-corrected chi connectivity index (χ3v) is 3.73. The highest BCUT2D eigenvalue weighted by Crippen LogP contribution is 2.12. The Morgan fingerprint density at radius 2 is 1.94 bits per heavy atom. The molecule has 3 heteroatoms. The monoisotopic (exact) mass is 259 g/mol.